The van der Waals surface area contributed by atoms with Crippen molar-refractivity contribution in [1.29, 1.82) is 0 Å². The molecule has 0 bridgehead atoms. The van der Waals surface area contributed by atoms with E-state index in [9.17, 15) is 4.79 Å². The molecule has 0 aliphatic carbocycles. The number of carbonyl (C=O) groups excluding carboxylic acids is 1. The Bertz CT molecular complexity index is 912. The summed E-state index contributed by atoms with van der Waals surface area (Å²) in [6.07, 6.45) is 0. The predicted octanol–water partition coefficient (Wildman–Crippen LogP) is 3.84. The van der Waals surface area contributed by atoms with Gasteiger partial charge >= 0.3 is 0 Å². The number of nitrogens with one attached hydrogen (secondary N) is 2. The second-order valence-corrected chi connectivity index (χ2v) is 5.68. The maximum atomic E-state index is 11.9. The van der Waals surface area contributed by atoms with Gasteiger partial charge < -0.3 is 21.1 Å². The average molecular weight is 360 g/mol. The van der Waals surface area contributed by atoms with Crippen molar-refractivity contribution < 1.29 is 9.53 Å². The van der Waals surface area contributed by atoms with Gasteiger partial charge in [0.25, 0.3) is 0 Å². The quantitative estimate of drug-likeness (QED) is 0.460. The van der Waals surface area contributed by atoms with Gasteiger partial charge in [-0.2, -0.15) is 0 Å². The van der Waals surface area contributed by atoms with E-state index in [2.05, 4.69) is 15.6 Å². The number of carbonyl (C=O) groups is 1. The Morgan fingerprint density at radius 3 is 2.19 bits per heavy atom. The predicted molar refractivity (Wildman–Crippen MR) is 108 cm³/mol. The van der Waals surface area contributed by atoms with Crippen LogP contribution in [0, 0.1) is 0 Å². The summed E-state index contributed by atoms with van der Waals surface area (Å²) in [5, 5.41) is 5.70. The summed E-state index contributed by atoms with van der Waals surface area (Å²) < 4.78 is 5.78. The van der Waals surface area contributed by atoms with Crippen LogP contribution < -0.4 is 21.1 Å². The molecule has 0 atom stereocenters. The third-order valence-corrected chi connectivity index (χ3v) is 3.54. The number of benzene rings is 3. The number of hydrogen-bond donors (Lipinski definition) is 3. The molecule has 0 fully saturated rings. The van der Waals surface area contributed by atoms with E-state index in [1.54, 1.807) is 18.2 Å². The molecule has 136 valence electrons. The Labute approximate surface area is 157 Å². The molecule has 0 unspecified atom stereocenters. The number of aliphatic imine (C=N–C) groups is 1. The van der Waals surface area contributed by atoms with Crippen LogP contribution in [0.3, 0.4) is 0 Å². The number of nitrogens with two attached hydrogens (primary N) is 1. The van der Waals surface area contributed by atoms with Gasteiger partial charge in [-0.25, -0.2) is 4.99 Å². The number of ether oxygens (including phenoxy) is 1. The Morgan fingerprint density at radius 1 is 0.815 bits per heavy atom. The van der Waals surface area contributed by atoms with Gasteiger partial charge in [-0.3, -0.25) is 4.79 Å². The van der Waals surface area contributed by atoms with Gasteiger partial charge in [0, 0.05) is 17.4 Å². The summed E-state index contributed by atoms with van der Waals surface area (Å²) in [6, 6.07) is 26.0. The molecule has 0 aliphatic heterocycles. The lowest BCUT2D eigenvalue weighted by molar-refractivity contribution is -0.114. The van der Waals surface area contributed by atoms with Gasteiger partial charge in [0.1, 0.15) is 18.0 Å². The largest absolute Gasteiger partial charge is 0.457 e. The molecular weight excluding hydrogens is 340 g/mol. The van der Waals surface area contributed by atoms with E-state index in [0.717, 1.165) is 11.4 Å². The molecular formula is C21H20N4O2. The minimum atomic E-state index is -0.243. The molecule has 1 amide bonds. The van der Waals surface area contributed by atoms with Crippen molar-refractivity contribution in [3.05, 3.63) is 84.9 Å². The standard InChI is InChI=1S/C21H20N4O2/c22-21(23-15-20(26)24-16-8-3-1-4-9-16)25-17-10-7-13-19(14-17)27-18-11-5-2-6-12-18/h1-14H,15H2,(H,24,26)(H3,22,23,25). The minimum absolute atomic E-state index is 0.0755. The number of guanidine groups is 1. The van der Waals surface area contributed by atoms with E-state index in [4.69, 9.17) is 10.5 Å². The zero-order valence-electron chi connectivity index (χ0n) is 14.6. The first-order chi connectivity index (χ1) is 13.2. The smallest absolute Gasteiger partial charge is 0.246 e. The average Bonchev–Trinajstić information content (AvgIpc) is 2.68. The minimum Gasteiger partial charge on any atom is -0.457 e. The molecule has 3 aromatic carbocycles. The second-order valence-electron chi connectivity index (χ2n) is 5.68. The third-order valence-electron chi connectivity index (χ3n) is 3.54. The fraction of sp³-hybridized carbons (Fsp3) is 0.0476. The molecule has 3 aromatic rings. The molecule has 0 saturated heterocycles. The van der Waals surface area contributed by atoms with Crippen LogP contribution in [-0.2, 0) is 4.79 Å². The van der Waals surface area contributed by atoms with Crippen LogP contribution in [-0.4, -0.2) is 18.4 Å². The first-order valence-corrected chi connectivity index (χ1v) is 8.44. The molecule has 4 N–H and O–H groups in total. The van der Waals surface area contributed by atoms with Crippen LogP contribution in [0.2, 0.25) is 0 Å². The summed E-state index contributed by atoms with van der Waals surface area (Å²) in [4.78, 5) is 16.0. The van der Waals surface area contributed by atoms with E-state index >= 15 is 0 Å². The molecule has 0 spiro atoms. The molecule has 6 heteroatoms. The van der Waals surface area contributed by atoms with Crippen LogP contribution in [0.25, 0.3) is 0 Å². The Hall–Kier alpha value is -3.80. The SMILES string of the molecule is NC(=NCC(=O)Nc1ccccc1)Nc1cccc(Oc2ccccc2)c1. The Morgan fingerprint density at radius 2 is 1.44 bits per heavy atom. The van der Waals surface area contributed by atoms with Crippen molar-refractivity contribution >= 4 is 23.2 Å². The van der Waals surface area contributed by atoms with Crippen LogP contribution >= 0.6 is 0 Å². The number of hydrogen-bond acceptors (Lipinski definition) is 3. The number of anilines is 2. The van der Waals surface area contributed by atoms with E-state index in [0.29, 0.717) is 11.4 Å². The second kappa shape index (κ2) is 9.05. The Kier molecular flexibility index (Phi) is 6.04. The van der Waals surface area contributed by atoms with Crippen LogP contribution in [0.1, 0.15) is 0 Å². The van der Waals surface area contributed by atoms with E-state index < -0.39 is 0 Å². The normalized spacial score (nSPS) is 10.9. The topological polar surface area (TPSA) is 88.7 Å². The van der Waals surface area contributed by atoms with Crippen molar-refractivity contribution in [2.24, 2.45) is 10.7 Å². The molecule has 6 nitrogen and oxygen atoms in total. The van der Waals surface area contributed by atoms with Crippen molar-refractivity contribution in [3.63, 3.8) is 0 Å². The maximum Gasteiger partial charge on any atom is 0.246 e. The maximum absolute atomic E-state index is 11.9. The number of para-hydroxylation sites is 2. The fourth-order valence-corrected chi connectivity index (χ4v) is 2.33. The van der Waals surface area contributed by atoms with E-state index in [1.165, 1.54) is 0 Å². The zero-order valence-corrected chi connectivity index (χ0v) is 14.6. The highest BCUT2D eigenvalue weighted by molar-refractivity contribution is 5.97. The first-order valence-electron chi connectivity index (χ1n) is 8.44. The van der Waals surface area contributed by atoms with Gasteiger partial charge in [-0.05, 0) is 36.4 Å². The van der Waals surface area contributed by atoms with Gasteiger partial charge in [-0.1, -0.05) is 42.5 Å². The first kappa shape index (κ1) is 18.0. The van der Waals surface area contributed by atoms with Crippen molar-refractivity contribution in [2.75, 3.05) is 17.2 Å². The molecule has 0 heterocycles. The van der Waals surface area contributed by atoms with Gasteiger partial charge in [0.15, 0.2) is 5.96 Å². The van der Waals surface area contributed by atoms with Crippen LogP contribution in [0.15, 0.2) is 89.9 Å². The lowest BCUT2D eigenvalue weighted by Crippen LogP contribution is -2.25. The highest BCUT2D eigenvalue weighted by Crippen LogP contribution is 2.23. The Balaban J connectivity index is 1.55. The lowest BCUT2D eigenvalue weighted by Gasteiger charge is -2.09. The summed E-state index contributed by atoms with van der Waals surface area (Å²) >= 11 is 0. The highest BCUT2D eigenvalue weighted by atomic mass is 16.5. The number of rotatable bonds is 6. The molecule has 0 aromatic heterocycles. The molecule has 0 saturated carbocycles. The van der Waals surface area contributed by atoms with E-state index in [-0.39, 0.29) is 18.4 Å². The van der Waals surface area contributed by atoms with Crippen LogP contribution in [0.5, 0.6) is 11.5 Å². The summed E-state index contributed by atoms with van der Waals surface area (Å²) in [5.41, 5.74) is 7.30. The van der Waals surface area contributed by atoms with Crippen LogP contribution in [0.4, 0.5) is 11.4 Å². The monoisotopic (exact) mass is 360 g/mol. The molecule has 0 aliphatic rings. The van der Waals surface area contributed by atoms with Crippen molar-refractivity contribution in [2.45, 2.75) is 0 Å². The number of nitrogens with zero attached hydrogens (tertiary/aromatic N) is 1. The molecule has 27 heavy (non-hydrogen) atoms. The molecule has 0 radical (unpaired) electrons. The van der Waals surface area contributed by atoms with Crippen molar-refractivity contribution in [1.82, 2.24) is 0 Å². The van der Waals surface area contributed by atoms with Crippen molar-refractivity contribution in [3.8, 4) is 11.5 Å². The van der Waals surface area contributed by atoms with Gasteiger partial charge in [0.05, 0.1) is 0 Å². The molecule has 3 rings (SSSR count). The van der Waals surface area contributed by atoms with Gasteiger partial charge in [-0.15, -0.1) is 0 Å². The summed E-state index contributed by atoms with van der Waals surface area (Å²) in [7, 11) is 0. The summed E-state index contributed by atoms with van der Waals surface area (Å²) in [5.74, 6) is 1.32. The van der Waals surface area contributed by atoms with E-state index in [1.807, 2.05) is 66.7 Å². The lowest BCUT2D eigenvalue weighted by atomic mass is 10.3. The third kappa shape index (κ3) is 5.89. The van der Waals surface area contributed by atoms with Gasteiger partial charge in [0.2, 0.25) is 5.91 Å². The summed E-state index contributed by atoms with van der Waals surface area (Å²) in [6.45, 7) is -0.0755. The number of amides is 1. The zero-order chi connectivity index (χ0) is 18.9. The highest BCUT2D eigenvalue weighted by Gasteiger charge is 2.03. The fourth-order valence-electron chi connectivity index (χ4n) is 2.33.